The summed E-state index contributed by atoms with van der Waals surface area (Å²) in [6.45, 7) is 13.2. The third-order valence-corrected chi connectivity index (χ3v) is 11.9. The van der Waals surface area contributed by atoms with E-state index in [1.54, 1.807) is 0 Å². The van der Waals surface area contributed by atoms with Crippen LogP contribution in [0.25, 0.3) is 49.9 Å². The number of para-hydroxylation sites is 3. The second-order valence-electron chi connectivity index (χ2n) is 18.2. The molecule has 0 saturated carbocycles. The van der Waals surface area contributed by atoms with Gasteiger partial charge in [0.1, 0.15) is 29.0 Å². The van der Waals surface area contributed by atoms with Gasteiger partial charge in [-0.1, -0.05) is 102 Å². The molecule has 63 heavy (non-hydrogen) atoms. The predicted octanol–water partition coefficient (Wildman–Crippen LogP) is 15.0. The molecule has 0 saturated heterocycles. The molecule has 5 nitrogen and oxygen atoms in total. The molecule has 1 aliphatic rings. The minimum atomic E-state index is -0.311. The summed E-state index contributed by atoms with van der Waals surface area (Å²) in [7, 11) is 0. The van der Waals surface area contributed by atoms with Crippen molar-refractivity contribution in [3.8, 4) is 39.6 Å². The van der Waals surface area contributed by atoms with Crippen LogP contribution in [0, 0.1) is 11.6 Å². The minimum Gasteiger partial charge on any atom is -0.457 e. The maximum Gasteiger partial charge on any atom is 0.503 e. The molecule has 0 bridgehead atoms. The van der Waals surface area contributed by atoms with Crippen molar-refractivity contribution < 1.29 is 13.5 Å². The van der Waals surface area contributed by atoms with E-state index < -0.39 is 0 Å². The quantitative estimate of drug-likeness (QED) is 0.150. The smallest absolute Gasteiger partial charge is 0.457 e. The lowest BCUT2D eigenvalue weighted by molar-refractivity contribution is 0.483. The Labute approximate surface area is 366 Å². The molecular weight excluding hydrogens is 783 g/mol. The Kier molecular flexibility index (Phi) is 9.54. The Bertz CT molecular complexity index is 3260. The predicted molar refractivity (Wildman–Crippen MR) is 254 cm³/mol. The normalized spacial score (nSPS) is 12.7. The maximum absolute atomic E-state index is 14.4. The summed E-state index contributed by atoms with van der Waals surface area (Å²) in [5, 5.41) is 2.26. The van der Waals surface area contributed by atoms with Crippen molar-refractivity contribution >= 4 is 50.6 Å². The molecule has 0 spiro atoms. The number of hydrogen-bond acceptors (Lipinski definition) is 2. The van der Waals surface area contributed by atoms with Crippen molar-refractivity contribution in [2.75, 3.05) is 0 Å². The Hall–Kier alpha value is -7.47. The lowest BCUT2D eigenvalue weighted by atomic mass is 9.82. The van der Waals surface area contributed by atoms with E-state index in [1.165, 1.54) is 29.8 Å². The summed E-state index contributed by atoms with van der Waals surface area (Å²) < 4.78 is 41.9. The number of halogens is 2. The molecule has 0 fully saturated rings. The van der Waals surface area contributed by atoms with E-state index in [2.05, 4.69) is 129 Å². The fourth-order valence-electron chi connectivity index (χ4n) is 8.51. The molecule has 7 heteroatoms. The molecule has 0 N–H and O–H groups in total. The van der Waals surface area contributed by atoms with Crippen LogP contribution < -0.4 is 13.9 Å². The van der Waals surface area contributed by atoms with E-state index in [4.69, 9.17) is 9.72 Å². The van der Waals surface area contributed by atoms with Crippen LogP contribution in [0.1, 0.15) is 52.7 Å². The number of benzene rings is 7. The van der Waals surface area contributed by atoms with Crippen LogP contribution in [0.4, 0.5) is 31.5 Å². The van der Waals surface area contributed by atoms with Gasteiger partial charge in [-0.3, -0.25) is 4.57 Å². The lowest BCUT2D eigenvalue weighted by Crippen LogP contribution is -2.13. The standard InChI is InChI=1S/C56H46F2N4O/c1-55(2,3)38-28-29-59-53(32-38)62-49-15-8-7-14-45(49)46-27-26-44(34-52(46)62)63-43-13-11-12-42(33-43)60-35-61(51-17-10-9-16-50(51)60)54-47(36-18-22-40(57)23-19-36)30-39(56(4,5)6)31-48(54)37-20-24-41(58)25-21-37/h7-34H,1-6H3/q+2. The molecule has 10 rings (SSSR count). The van der Waals surface area contributed by atoms with Crippen molar-refractivity contribution in [2.24, 2.45) is 0 Å². The van der Waals surface area contributed by atoms with Gasteiger partial charge in [0, 0.05) is 41.2 Å². The summed E-state index contributed by atoms with van der Waals surface area (Å²) >= 11 is 0. The number of fused-ring (bicyclic) bond motifs is 4. The summed E-state index contributed by atoms with van der Waals surface area (Å²) in [4.78, 5) is 4.85. The lowest BCUT2D eigenvalue weighted by Gasteiger charge is -2.22. The van der Waals surface area contributed by atoms with Gasteiger partial charge >= 0.3 is 6.01 Å². The number of nitrogens with zero attached hydrogens (tertiary/aromatic N) is 4. The number of rotatable bonds is 7. The van der Waals surface area contributed by atoms with Gasteiger partial charge in [-0.25, -0.2) is 13.8 Å². The van der Waals surface area contributed by atoms with Gasteiger partial charge in [0.05, 0.1) is 28.2 Å². The minimum absolute atomic E-state index is 0.0376. The van der Waals surface area contributed by atoms with Crippen LogP contribution in [0.15, 0.2) is 170 Å². The third-order valence-electron chi connectivity index (χ3n) is 11.9. The topological polar surface area (TPSA) is 33.1 Å². The summed E-state index contributed by atoms with van der Waals surface area (Å²) in [5.41, 5.74) is 11.1. The molecule has 9 aromatic rings. The second-order valence-corrected chi connectivity index (χ2v) is 18.2. The van der Waals surface area contributed by atoms with Crippen LogP contribution in [-0.4, -0.2) is 15.6 Å². The molecule has 0 aliphatic carbocycles. The van der Waals surface area contributed by atoms with Gasteiger partial charge in [0.25, 0.3) is 11.4 Å². The van der Waals surface area contributed by atoms with Crippen molar-refractivity contribution in [1.29, 1.82) is 0 Å². The Balaban J connectivity index is 1.12. The first kappa shape index (κ1) is 39.7. The van der Waals surface area contributed by atoms with E-state index in [-0.39, 0.29) is 22.5 Å². The highest BCUT2D eigenvalue weighted by Gasteiger charge is 2.40. The van der Waals surface area contributed by atoms with Crippen LogP contribution in [-0.2, 0) is 10.8 Å². The Morgan fingerprint density at radius 2 is 1.11 bits per heavy atom. The number of aromatic nitrogens is 2. The van der Waals surface area contributed by atoms with Gasteiger partial charge in [-0.2, -0.15) is 0 Å². The number of hydrogen-bond donors (Lipinski definition) is 0. The highest BCUT2D eigenvalue weighted by molar-refractivity contribution is 6.09. The van der Waals surface area contributed by atoms with Gasteiger partial charge < -0.3 is 4.74 Å². The highest BCUT2D eigenvalue weighted by Crippen LogP contribution is 2.47. The van der Waals surface area contributed by atoms with Crippen molar-refractivity contribution in [3.05, 3.63) is 193 Å². The van der Waals surface area contributed by atoms with E-state index >= 15 is 0 Å². The molecule has 308 valence electrons. The van der Waals surface area contributed by atoms with Crippen LogP contribution in [0.5, 0.6) is 11.5 Å². The monoisotopic (exact) mass is 828 g/mol. The van der Waals surface area contributed by atoms with Crippen molar-refractivity contribution in [2.45, 2.75) is 52.4 Å². The van der Waals surface area contributed by atoms with Gasteiger partial charge in [-0.05, 0) is 115 Å². The van der Waals surface area contributed by atoms with Crippen LogP contribution in [0.3, 0.4) is 0 Å². The molecule has 0 amide bonds. The van der Waals surface area contributed by atoms with E-state index in [9.17, 15) is 8.78 Å². The van der Waals surface area contributed by atoms with Crippen molar-refractivity contribution in [3.63, 3.8) is 0 Å². The van der Waals surface area contributed by atoms with Crippen molar-refractivity contribution in [1.82, 2.24) is 18.7 Å². The average Bonchev–Trinajstić information content (AvgIpc) is 3.82. The Morgan fingerprint density at radius 3 is 1.76 bits per heavy atom. The summed E-state index contributed by atoms with van der Waals surface area (Å²) in [6.07, 6.45) is 1.89. The first-order valence-corrected chi connectivity index (χ1v) is 21.2. The maximum atomic E-state index is 14.4. The largest absolute Gasteiger partial charge is 0.503 e. The van der Waals surface area contributed by atoms with Gasteiger partial charge in [0.15, 0.2) is 0 Å². The van der Waals surface area contributed by atoms with E-state index in [1.807, 2.05) is 77.5 Å². The zero-order chi connectivity index (χ0) is 43.6. The molecule has 0 atom stereocenters. The molecule has 2 aromatic heterocycles. The van der Waals surface area contributed by atoms with Gasteiger partial charge in [0.2, 0.25) is 11.4 Å². The zero-order valence-corrected chi connectivity index (χ0v) is 36.1. The fraction of sp³-hybridized carbons (Fsp3) is 0.143. The zero-order valence-electron chi connectivity index (χ0n) is 36.1. The third kappa shape index (κ3) is 7.30. The Morgan fingerprint density at radius 1 is 0.524 bits per heavy atom. The molecule has 3 heterocycles. The first-order valence-electron chi connectivity index (χ1n) is 21.2. The highest BCUT2D eigenvalue weighted by atomic mass is 19.1. The molecule has 0 unspecified atom stereocenters. The number of pyridine rings is 1. The molecule has 7 aromatic carbocycles. The summed E-state index contributed by atoms with van der Waals surface area (Å²) in [5.74, 6) is 1.59. The molecule has 1 aliphatic heterocycles. The SMILES string of the molecule is CC(C)(C)c1ccnc(-n2c3ccccc3c3ccc(Oc4cccc([N+]5=C=[N+](c6c(-c7ccc(F)cc7)cc(C(C)(C)C)cc6-c6ccc(F)cc6)c6ccccc65)c4)cc32)c1. The van der Waals surface area contributed by atoms with Crippen LogP contribution >= 0.6 is 0 Å². The number of ether oxygens (including phenoxy) is 1. The van der Waals surface area contributed by atoms with Gasteiger partial charge in [-0.15, -0.1) is 0 Å². The average molecular weight is 829 g/mol. The van der Waals surface area contributed by atoms with Crippen LogP contribution in [0.2, 0.25) is 0 Å². The first-order chi connectivity index (χ1) is 30.3. The second kappa shape index (κ2) is 15.2. The molecular formula is C56H46F2N4O+2. The van der Waals surface area contributed by atoms with E-state index in [0.717, 1.165) is 78.2 Å². The summed E-state index contributed by atoms with van der Waals surface area (Å²) in [6, 6.07) is 56.4. The van der Waals surface area contributed by atoms with E-state index in [0.29, 0.717) is 11.5 Å². The fourth-order valence-corrected chi connectivity index (χ4v) is 8.51. The molecule has 0 radical (unpaired) electrons.